The van der Waals surface area contributed by atoms with Crippen molar-refractivity contribution < 1.29 is 23.4 Å². The van der Waals surface area contributed by atoms with Crippen LogP contribution in [0.3, 0.4) is 0 Å². The molecule has 0 aromatic rings. The molecule has 1 unspecified atom stereocenters. The van der Waals surface area contributed by atoms with E-state index in [-0.39, 0.29) is 6.61 Å². The van der Waals surface area contributed by atoms with Crippen molar-refractivity contribution in [3.8, 4) is 0 Å². The summed E-state index contributed by atoms with van der Waals surface area (Å²) in [6.45, 7) is 2.62. The Balaban J connectivity index is 4.17. The molecule has 0 radical (unpaired) electrons. The zero-order valence-corrected chi connectivity index (χ0v) is 6.30. The van der Waals surface area contributed by atoms with E-state index in [0.29, 0.717) is 0 Å². The molecule has 0 bridgehead atoms. The van der Waals surface area contributed by atoms with E-state index < -0.39 is 18.0 Å². The molecule has 0 aliphatic carbocycles. The van der Waals surface area contributed by atoms with Crippen LogP contribution in [0.2, 0.25) is 0 Å². The summed E-state index contributed by atoms with van der Waals surface area (Å²) in [5.41, 5.74) is 0. The predicted octanol–water partition coefficient (Wildman–Crippen LogP) is 1.13. The fourth-order valence-electron chi connectivity index (χ4n) is 0.529. The third-order valence-electron chi connectivity index (χ3n) is 1.21. The van der Waals surface area contributed by atoms with Crippen LogP contribution < -0.4 is 0 Å². The summed E-state index contributed by atoms with van der Waals surface area (Å²) in [6, 6.07) is 0. The number of rotatable bonds is 4. The number of aliphatic carboxylic acids is 1. The highest BCUT2D eigenvalue weighted by Crippen LogP contribution is 2.20. The first kappa shape index (κ1) is 10.3. The van der Waals surface area contributed by atoms with E-state index >= 15 is 0 Å². The lowest BCUT2D eigenvalue weighted by Crippen LogP contribution is -2.41. The van der Waals surface area contributed by atoms with E-state index in [1.165, 1.54) is 6.92 Å². The molecule has 0 heterocycles. The lowest BCUT2D eigenvalue weighted by molar-refractivity contribution is -0.185. The molecule has 0 aliphatic rings. The average molecular weight is 168 g/mol. The predicted molar refractivity (Wildman–Crippen MR) is 33.7 cm³/mol. The molecule has 0 fully saturated rings. The van der Waals surface area contributed by atoms with E-state index in [2.05, 4.69) is 4.74 Å². The van der Waals surface area contributed by atoms with Gasteiger partial charge in [0.25, 0.3) is 0 Å². The van der Waals surface area contributed by atoms with E-state index in [9.17, 15) is 13.6 Å². The summed E-state index contributed by atoms with van der Waals surface area (Å²) < 4.78 is 29.2. The minimum Gasteiger partial charge on any atom is -0.477 e. The first-order valence-electron chi connectivity index (χ1n) is 3.15. The second-order valence-electron chi connectivity index (χ2n) is 2.03. The smallest absolute Gasteiger partial charge is 0.377 e. The van der Waals surface area contributed by atoms with Crippen molar-refractivity contribution in [1.29, 1.82) is 0 Å². The summed E-state index contributed by atoms with van der Waals surface area (Å²) in [7, 11) is 0. The van der Waals surface area contributed by atoms with Crippen molar-refractivity contribution in [2.24, 2.45) is 0 Å². The molecule has 0 aromatic carbocycles. The summed E-state index contributed by atoms with van der Waals surface area (Å²) >= 11 is 0. The fraction of sp³-hybridized carbons (Fsp3) is 0.833. The minimum absolute atomic E-state index is 0.0734. The molecule has 1 atom stereocenters. The van der Waals surface area contributed by atoms with Gasteiger partial charge in [0.1, 0.15) is 6.10 Å². The Morgan fingerprint density at radius 2 is 2.18 bits per heavy atom. The highest BCUT2D eigenvalue weighted by molar-refractivity contribution is 5.76. The Morgan fingerprint density at radius 3 is 2.45 bits per heavy atom. The Hall–Kier alpha value is -0.710. The van der Waals surface area contributed by atoms with Crippen LogP contribution in [-0.2, 0) is 9.53 Å². The Bertz CT molecular complexity index is 147. The molecule has 0 rings (SSSR count). The first-order chi connectivity index (χ1) is 4.92. The zero-order valence-electron chi connectivity index (χ0n) is 6.30. The number of carboxylic acids is 1. The quantitative estimate of drug-likeness (QED) is 0.684. The molecular weight excluding hydrogens is 158 g/mol. The maximum absolute atomic E-state index is 12.4. The van der Waals surface area contributed by atoms with Gasteiger partial charge < -0.3 is 9.84 Å². The van der Waals surface area contributed by atoms with Crippen molar-refractivity contribution in [2.75, 3.05) is 6.61 Å². The van der Waals surface area contributed by atoms with Gasteiger partial charge in [-0.05, 0) is 13.8 Å². The van der Waals surface area contributed by atoms with Crippen LogP contribution in [0.15, 0.2) is 0 Å². The van der Waals surface area contributed by atoms with Gasteiger partial charge in [0.2, 0.25) is 0 Å². The minimum atomic E-state index is -3.80. The maximum atomic E-state index is 12.4. The Kier molecular flexibility index (Phi) is 3.38. The highest BCUT2D eigenvalue weighted by Gasteiger charge is 2.45. The maximum Gasteiger partial charge on any atom is 0.377 e. The number of carbonyl (C=O) groups is 1. The van der Waals surface area contributed by atoms with Crippen LogP contribution in [0.4, 0.5) is 8.78 Å². The van der Waals surface area contributed by atoms with Gasteiger partial charge in [0, 0.05) is 6.61 Å². The zero-order chi connectivity index (χ0) is 9.07. The van der Waals surface area contributed by atoms with Crippen LogP contribution in [0.1, 0.15) is 13.8 Å². The van der Waals surface area contributed by atoms with Crippen LogP contribution in [0.25, 0.3) is 0 Å². The topological polar surface area (TPSA) is 46.5 Å². The third kappa shape index (κ3) is 2.42. The average Bonchev–Trinajstić information content (AvgIpc) is 1.88. The molecule has 0 amide bonds. The van der Waals surface area contributed by atoms with Crippen molar-refractivity contribution in [1.82, 2.24) is 0 Å². The van der Waals surface area contributed by atoms with Crippen molar-refractivity contribution in [3.63, 3.8) is 0 Å². The molecular formula is C6H10F2O3. The molecule has 0 aromatic heterocycles. The molecule has 3 nitrogen and oxygen atoms in total. The van der Waals surface area contributed by atoms with Crippen LogP contribution in [-0.4, -0.2) is 29.7 Å². The standard InChI is InChI=1S/C6H10F2O3/c1-3-11-4(2)6(7,8)5(9)10/h4H,3H2,1-2H3,(H,9,10). The molecule has 11 heavy (non-hydrogen) atoms. The summed E-state index contributed by atoms with van der Waals surface area (Å²) in [5, 5.41) is 8.01. The number of carboxylic acid groups (broad SMARTS) is 1. The molecule has 5 heteroatoms. The van der Waals surface area contributed by atoms with Gasteiger partial charge in [0.05, 0.1) is 0 Å². The molecule has 0 aliphatic heterocycles. The van der Waals surface area contributed by atoms with Gasteiger partial charge in [-0.3, -0.25) is 0 Å². The third-order valence-corrected chi connectivity index (χ3v) is 1.21. The first-order valence-corrected chi connectivity index (χ1v) is 3.15. The Morgan fingerprint density at radius 1 is 1.73 bits per heavy atom. The van der Waals surface area contributed by atoms with Gasteiger partial charge in [-0.1, -0.05) is 0 Å². The number of alkyl halides is 2. The monoisotopic (exact) mass is 168 g/mol. The highest BCUT2D eigenvalue weighted by atomic mass is 19.3. The van der Waals surface area contributed by atoms with E-state index in [4.69, 9.17) is 5.11 Å². The molecule has 0 saturated heterocycles. The van der Waals surface area contributed by atoms with E-state index in [0.717, 1.165) is 6.92 Å². The van der Waals surface area contributed by atoms with Crippen molar-refractivity contribution in [2.45, 2.75) is 25.9 Å². The molecule has 0 saturated carbocycles. The molecule has 66 valence electrons. The van der Waals surface area contributed by atoms with E-state index in [1.807, 2.05) is 0 Å². The molecule has 1 N–H and O–H groups in total. The number of halogens is 2. The van der Waals surface area contributed by atoms with Gasteiger partial charge >= 0.3 is 11.9 Å². The largest absolute Gasteiger partial charge is 0.477 e. The molecule has 0 spiro atoms. The van der Waals surface area contributed by atoms with Gasteiger partial charge in [-0.15, -0.1) is 0 Å². The normalized spacial score (nSPS) is 14.5. The summed E-state index contributed by atoms with van der Waals surface area (Å²) in [4.78, 5) is 9.91. The number of hydrogen-bond acceptors (Lipinski definition) is 2. The van der Waals surface area contributed by atoms with Crippen molar-refractivity contribution >= 4 is 5.97 Å². The van der Waals surface area contributed by atoms with Crippen LogP contribution in [0, 0.1) is 0 Å². The van der Waals surface area contributed by atoms with Crippen LogP contribution in [0.5, 0.6) is 0 Å². The van der Waals surface area contributed by atoms with Gasteiger partial charge in [-0.2, -0.15) is 8.78 Å². The fourth-order valence-corrected chi connectivity index (χ4v) is 0.529. The van der Waals surface area contributed by atoms with Gasteiger partial charge in [-0.25, -0.2) is 4.79 Å². The van der Waals surface area contributed by atoms with Crippen molar-refractivity contribution in [3.05, 3.63) is 0 Å². The lowest BCUT2D eigenvalue weighted by atomic mass is 10.2. The second-order valence-corrected chi connectivity index (χ2v) is 2.03. The number of ether oxygens (including phenoxy) is 1. The van der Waals surface area contributed by atoms with Crippen LogP contribution >= 0.6 is 0 Å². The van der Waals surface area contributed by atoms with E-state index in [1.54, 1.807) is 0 Å². The SMILES string of the molecule is CCOC(C)C(F)(F)C(=O)O. The second kappa shape index (κ2) is 3.61. The summed E-state index contributed by atoms with van der Waals surface area (Å²) in [5.74, 6) is -5.95. The lowest BCUT2D eigenvalue weighted by Gasteiger charge is -2.18. The van der Waals surface area contributed by atoms with Gasteiger partial charge in [0.15, 0.2) is 0 Å². The Labute approximate surface area is 63.0 Å². The number of hydrogen-bond donors (Lipinski definition) is 1. The summed E-state index contributed by atoms with van der Waals surface area (Å²) in [6.07, 6.45) is -1.58.